The summed E-state index contributed by atoms with van der Waals surface area (Å²) in [6.45, 7) is 6.51. The summed E-state index contributed by atoms with van der Waals surface area (Å²) < 4.78 is 26.7. The minimum absolute atomic E-state index is 0.0266. The Morgan fingerprint density at radius 3 is 2.26 bits per heavy atom. The van der Waals surface area contributed by atoms with E-state index in [0.29, 0.717) is 28.7 Å². The minimum atomic E-state index is -3.65. The Balaban J connectivity index is 1.91. The second-order valence-electron chi connectivity index (χ2n) is 10.8. The van der Waals surface area contributed by atoms with Crippen molar-refractivity contribution in [3.8, 4) is 0 Å². The quantitative estimate of drug-likeness (QED) is 0.227. The molecule has 3 aromatic carbocycles. The molecule has 7 nitrogen and oxygen atoms in total. The Hall–Kier alpha value is -3.07. The lowest BCUT2D eigenvalue weighted by Gasteiger charge is -2.32. The van der Waals surface area contributed by atoms with Crippen molar-refractivity contribution < 1.29 is 18.0 Å². The molecule has 0 radical (unpaired) electrons. The highest BCUT2D eigenvalue weighted by Crippen LogP contribution is 2.27. The van der Waals surface area contributed by atoms with Crippen LogP contribution in [0.3, 0.4) is 0 Å². The van der Waals surface area contributed by atoms with E-state index in [2.05, 4.69) is 5.32 Å². The van der Waals surface area contributed by atoms with Crippen LogP contribution in [0.1, 0.15) is 43.4 Å². The molecule has 0 bridgehead atoms. The molecular weight excluding hydrogens is 593 g/mol. The normalized spacial score (nSPS) is 12.2. The van der Waals surface area contributed by atoms with Gasteiger partial charge in [0, 0.05) is 42.5 Å². The van der Waals surface area contributed by atoms with Crippen LogP contribution in [-0.2, 0) is 32.6 Å². The molecule has 0 heterocycles. The minimum Gasteiger partial charge on any atom is -0.354 e. The van der Waals surface area contributed by atoms with Gasteiger partial charge in [0.25, 0.3) is 0 Å². The van der Waals surface area contributed by atoms with E-state index >= 15 is 0 Å². The highest BCUT2D eigenvalue weighted by Gasteiger charge is 2.31. The van der Waals surface area contributed by atoms with Crippen molar-refractivity contribution >= 4 is 50.7 Å². The average molecular weight is 633 g/mol. The molecule has 226 valence electrons. The number of benzene rings is 3. The van der Waals surface area contributed by atoms with Gasteiger partial charge in [0.2, 0.25) is 21.8 Å². The first-order chi connectivity index (χ1) is 19.9. The number of anilines is 1. The number of sulfonamides is 1. The van der Waals surface area contributed by atoms with E-state index in [4.69, 9.17) is 23.2 Å². The zero-order valence-corrected chi connectivity index (χ0v) is 26.8. The van der Waals surface area contributed by atoms with E-state index in [1.54, 1.807) is 29.2 Å². The summed E-state index contributed by atoms with van der Waals surface area (Å²) >= 11 is 12.7. The number of rotatable bonds is 14. The van der Waals surface area contributed by atoms with Crippen LogP contribution in [0, 0.1) is 12.8 Å². The molecule has 2 amide bonds. The van der Waals surface area contributed by atoms with E-state index in [0.717, 1.165) is 22.9 Å². The molecule has 1 N–H and O–H groups in total. The second-order valence-corrected chi connectivity index (χ2v) is 13.6. The fourth-order valence-corrected chi connectivity index (χ4v) is 6.00. The van der Waals surface area contributed by atoms with Gasteiger partial charge in [0.1, 0.15) is 6.04 Å². The van der Waals surface area contributed by atoms with Gasteiger partial charge < -0.3 is 10.2 Å². The molecule has 42 heavy (non-hydrogen) atoms. The lowest BCUT2D eigenvalue weighted by Crippen LogP contribution is -2.51. The Bertz CT molecular complexity index is 1470. The molecule has 0 unspecified atom stereocenters. The van der Waals surface area contributed by atoms with Gasteiger partial charge in [0.15, 0.2) is 0 Å². The Morgan fingerprint density at radius 2 is 1.62 bits per heavy atom. The predicted molar refractivity (Wildman–Crippen MR) is 171 cm³/mol. The van der Waals surface area contributed by atoms with Crippen molar-refractivity contribution in [3.63, 3.8) is 0 Å². The van der Waals surface area contributed by atoms with Crippen molar-refractivity contribution in [3.05, 3.63) is 99.5 Å². The third kappa shape index (κ3) is 9.75. The maximum Gasteiger partial charge on any atom is 0.243 e. The van der Waals surface area contributed by atoms with E-state index in [9.17, 15) is 18.0 Å². The summed E-state index contributed by atoms with van der Waals surface area (Å²) in [6, 6.07) is 21.1. The number of carbonyl (C=O) groups excluding carboxylic acids is 2. The molecular formula is C32H39Cl2N3O4S. The summed E-state index contributed by atoms with van der Waals surface area (Å²) in [5, 5.41) is 3.91. The Labute approximate surface area is 259 Å². The fourth-order valence-electron chi connectivity index (χ4n) is 4.62. The van der Waals surface area contributed by atoms with Crippen LogP contribution < -0.4 is 9.62 Å². The summed E-state index contributed by atoms with van der Waals surface area (Å²) in [4.78, 5) is 29.1. The third-order valence-corrected chi connectivity index (χ3v) is 8.63. The topological polar surface area (TPSA) is 86.8 Å². The van der Waals surface area contributed by atoms with E-state index in [-0.39, 0.29) is 43.7 Å². The monoisotopic (exact) mass is 631 g/mol. The number of aryl methyl sites for hydroxylation is 1. The van der Waals surface area contributed by atoms with Gasteiger partial charge in [-0.15, -0.1) is 0 Å². The van der Waals surface area contributed by atoms with Gasteiger partial charge in [0.05, 0.1) is 11.9 Å². The summed E-state index contributed by atoms with van der Waals surface area (Å²) in [5.74, 6) is -0.289. The summed E-state index contributed by atoms with van der Waals surface area (Å²) in [5.41, 5.74) is 2.86. The molecule has 1 atom stereocenters. The zero-order valence-electron chi connectivity index (χ0n) is 24.5. The molecule has 3 aromatic rings. The first kappa shape index (κ1) is 33.4. The van der Waals surface area contributed by atoms with Crippen molar-refractivity contribution in [2.24, 2.45) is 5.92 Å². The van der Waals surface area contributed by atoms with Crippen LogP contribution in [0.4, 0.5) is 5.69 Å². The van der Waals surface area contributed by atoms with Crippen LogP contribution in [0.2, 0.25) is 10.0 Å². The van der Waals surface area contributed by atoms with Gasteiger partial charge in [-0.1, -0.05) is 91.6 Å². The van der Waals surface area contributed by atoms with Gasteiger partial charge in [-0.3, -0.25) is 13.9 Å². The van der Waals surface area contributed by atoms with Crippen LogP contribution in [0.15, 0.2) is 72.8 Å². The summed E-state index contributed by atoms with van der Waals surface area (Å²) in [6.07, 6.45) is 1.72. The number of hydrogen-bond donors (Lipinski definition) is 1. The van der Waals surface area contributed by atoms with Crippen molar-refractivity contribution in [1.29, 1.82) is 0 Å². The molecule has 0 saturated heterocycles. The number of amides is 2. The first-order valence-electron chi connectivity index (χ1n) is 13.9. The number of nitrogens with zero attached hydrogens (tertiary/aromatic N) is 2. The molecule has 0 aliphatic rings. The van der Waals surface area contributed by atoms with Crippen molar-refractivity contribution in [2.45, 2.75) is 52.6 Å². The molecule has 3 rings (SSSR count). The summed E-state index contributed by atoms with van der Waals surface area (Å²) in [7, 11) is -3.65. The third-order valence-electron chi connectivity index (χ3n) is 6.85. The van der Waals surface area contributed by atoms with E-state index in [1.807, 2.05) is 69.3 Å². The van der Waals surface area contributed by atoms with Gasteiger partial charge in [-0.05, 0) is 54.2 Å². The number of nitrogens with one attached hydrogen (secondary N) is 1. The highest BCUT2D eigenvalue weighted by atomic mass is 35.5. The predicted octanol–water partition coefficient (Wildman–Crippen LogP) is 6.26. The van der Waals surface area contributed by atoms with E-state index in [1.165, 1.54) is 4.31 Å². The Kier molecular flexibility index (Phi) is 12.3. The molecule has 0 spiro atoms. The molecule has 10 heteroatoms. The van der Waals surface area contributed by atoms with E-state index < -0.39 is 16.1 Å². The molecule has 0 aliphatic heterocycles. The molecule has 0 aromatic heterocycles. The lowest BCUT2D eigenvalue weighted by atomic mass is 10.0. The molecule has 0 aliphatic carbocycles. The Morgan fingerprint density at radius 1 is 0.952 bits per heavy atom. The smallest absolute Gasteiger partial charge is 0.243 e. The van der Waals surface area contributed by atoms with Crippen LogP contribution in [0.5, 0.6) is 0 Å². The number of hydrogen-bond acceptors (Lipinski definition) is 4. The standard InChI is InChI=1S/C32H39Cl2N3O4S/c1-23(2)21-35-32(39)30(19-25-11-6-5-7-12-25)36(22-26-13-8-9-14-28(26)34)31(38)15-10-18-37(42(4,40)41)29-20-27(33)17-16-24(29)3/h5-9,11-14,16-17,20,23,30H,10,15,18-19,21-22H2,1-4H3,(H,35,39)/t30-/m1/s1. The molecule has 0 saturated carbocycles. The van der Waals surface area contributed by atoms with Gasteiger partial charge in [-0.2, -0.15) is 0 Å². The maximum atomic E-state index is 13.9. The van der Waals surface area contributed by atoms with Crippen molar-refractivity contribution in [1.82, 2.24) is 10.2 Å². The van der Waals surface area contributed by atoms with Crippen molar-refractivity contribution in [2.75, 3.05) is 23.7 Å². The largest absolute Gasteiger partial charge is 0.354 e. The second kappa shape index (κ2) is 15.4. The number of halogens is 2. The highest BCUT2D eigenvalue weighted by molar-refractivity contribution is 7.92. The van der Waals surface area contributed by atoms with Gasteiger partial charge >= 0.3 is 0 Å². The number of carbonyl (C=O) groups is 2. The van der Waals surface area contributed by atoms with Crippen LogP contribution >= 0.6 is 23.2 Å². The molecule has 0 fully saturated rings. The lowest BCUT2D eigenvalue weighted by molar-refractivity contribution is -0.141. The van der Waals surface area contributed by atoms with Crippen LogP contribution in [0.25, 0.3) is 0 Å². The fraction of sp³-hybridized carbons (Fsp3) is 0.375. The zero-order chi connectivity index (χ0) is 30.9. The SMILES string of the molecule is Cc1ccc(Cl)cc1N(CCCC(=O)N(Cc1ccccc1Cl)[C@H](Cc1ccccc1)C(=O)NCC(C)C)S(C)(=O)=O. The van der Waals surface area contributed by atoms with Crippen LogP contribution in [-0.4, -0.2) is 50.5 Å². The average Bonchev–Trinajstić information content (AvgIpc) is 2.94. The maximum absolute atomic E-state index is 13.9. The first-order valence-corrected chi connectivity index (χ1v) is 16.6. The van der Waals surface area contributed by atoms with Gasteiger partial charge in [-0.25, -0.2) is 8.42 Å².